The van der Waals surface area contributed by atoms with Gasteiger partial charge in [0, 0.05) is 22.3 Å². The normalized spacial score (nSPS) is 16.4. The highest BCUT2D eigenvalue weighted by Crippen LogP contribution is 2.24. The molecule has 0 aliphatic carbocycles. The van der Waals surface area contributed by atoms with Gasteiger partial charge in [0.05, 0.1) is 7.11 Å². The third-order valence-corrected chi connectivity index (χ3v) is 4.74. The second kappa shape index (κ2) is 7.86. The van der Waals surface area contributed by atoms with Crippen molar-refractivity contribution in [3.05, 3.63) is 58.3 Å². The maximum atomic E-state index is 13.6. The first kappa shape index (κ1) is 18.4. The standard InChI is InChI=1S/C19H18BrFN2O3/c1-26-16-6-4-15(5-7-16)22-18(24)17-3-2-8-23(17)19(25)12-9-13(20)11-14(21)10-12/h4-7,9-11,17H,2-3,8H2,1H3,(H,22,24). The van der Waals surface area contributed by atoms with Gasteiger partial charge in [-0.15, -0.1) is 0 Å². The van der Waals surface area contributed by atoms with Crippen LogP contribution in [0.25, 0.3) is 0 Å². The average Bonchev–Trinajstić information content (AvgIpc) is 3.10. The molecule has 1 fully saturated rings. The van der Waals surface area contributed by atoms with Gasteiger partial charge in [-0.2, -0.15) is 0 Å². The predicted octanol–water partition coefficient (Wildman–Crippen LogP) is 3.84. The van der Waals surface area contributed by atoms with Gasteiger partial charge in [-0.05, 0) is 55.3 Å². The van der Waals surface area contributed by atoms with E-state index in [1.807, 2.05) is 0 Å². The highest BCUT2D eigenvalue weighted by molar-refractivity contribution is 9.10. The van der Waals surface area contributed by atoms with E-state index >= 15 is 0 Å². The average molecular weight is 421 g/mol. The van der Waals surface area contributed by atoms with Gasteiger partial charge < -0.3 is 15.0 Å². The van der Waals surface area contributed by atoms with Crippen molar-refractivity contribution >= 4 is 33.4 Å². The number of anilines is 1. The van der Waals surface area contributed by atoms with E-state index in [4.69, 9.17) is 4.74 Å². The Balaban J connectivity index is 1.74. The van der Waals surface area contributed by atoms with Crippen LogP contribution in [0.4, 0.5) is 10.1 Å². The number of ether oxygens (including phenoxy) is 1. The molecule has 7 heteroatoms. The minimum Gasteiger partial charge on any atom is -0.497 e. The Kier molecular flexibility index (Phi) is 5.56. The number of benzene rings is 2. The Labute approximate surface area is 159 Å². The third-order valence-electron chi connectivity index (χ3n) is 4.28. The molecule has 1 atom stereocenters. The molecule has 2 amide bonds. The molecule has 0 saturated carbocycles. The van der Waals surface area contributed by atoms with Gasteiger partial charge in [0.2, 0.25) is 5.91 Å². The Hall–Kier alpha value is -2.41. The maximum absolute atomic E-state index is 13.6. The van der Waals surface area contributed by atoms with E-state index in [1.54, 1.807) is 37.4 Å². The summed E-state index contributed by atoms with van der Waals surface area (Å²) in [5, 5.41) is 2.82. The fraction of sp³-hybridized carbons (Fsp3) is 0.263. The molecule has 1 aliphatic rings. The highest BCUT2D eigenvalue weighted by atomic mass is 79.9. The van der Waals surface area contributed by atoms with Gasteiger partial charge in [-0.25, -0.2) is 4.39 Å². The summed E-state index contributed by atoms with van der Waals surface area (Å²) in [4.78, 5) is 26.9. The molecule has 0 radical (unpaired) electrons. The zero-order valence-corrected chi connectivity index (χ0v) is 15.8. The quantitative estimate of drug-likeness (QED) is 0.817. The number of likely N-dealkylation sites (tertiary alicyclic amines) is 1. The van der Waals surface area contributed by atoms with E-state index in [1.165, 1.54) is 17.0 Å². The number of carbonyl (C=O) groups excluding carboxylic acids is 2. The van der Waals surface area contributed by atoms with Gasteiger partial charge in [0.15, 0.2) is 0 Å². The molecule has 1 N–H and O–H groups in total. The van der Waals surface area contributed by atoms with Gasteiger partial charge in [-0.1, -0.05) is 15.9 Å². The van der Waals surface area contributed by atoms with E-state index in [-0.39, 0.29) is 17.4 Å². The van der Waals surface area contributed by atoms with E-state index in [2.05, 4.69) is 21.2 Å². The number of rotatable bonds is 4. The zero-order valence-electron chi connectivity index (χ0n) is 14.2. The number of methoxy groups -OCH3 is 1. The number of halogens is 2. The predicted molar refractivity (Wildman–Crippen MR) is 99.8 cm³/mol. The lowest BCUT2D eigenvalue weighted by molar-refractivity contribution is -0.119. The molecule has 2 aromatic carbocycles. The molecule has 26 heavy (non-hydrogen) atoms. The molecule has 1 aliphatic heterocycles. The van der Waals surface area contributed by atoms with E-state index < -0.39 is 11.9 Å². The third kappa shape index (κ3) is 4.04. The fourth-order valence-corrected chi connectivity index (χ4v) is 3.49. The summed E-state index contributed by atoms with van der Waals surface area (Å²) < 4.78 is 19.2. The lowest BCUT2D eigenvalue weighted by atomic mass is 10.1. The Morgan fingerprint density at radius 3 is 2.62 bits per heavy atom. The second-order valence-corrected chi connectivity index (χ2v) is 6.95. The van der Waals surface area contributed by atoms with Crippen molar-refractivity contribution in [1.82, 2.24) is 4.90 Å². The summed E-state index contributed by atoms with van der Waals surface area (Å²) in [7, 11) is 1.57. The second-order valence-electron chi connectivity index (χ2n) is 6.03. The van der Waals surface area contributed by atoms with Crippen LogP contribution < -0.4 is 10.1 Å². The zero-order chi connectivity index (χ0) is 18.7. The summed E-state index contributed by atoms with van der Waals surface area (Å²) in [6, 6.07) is 10.4. The monoisotopic (exact) mass is 420 g/mol. The number of carbonyl (C=O) groups is 2. The molecule has 136 valence electrons. The van der Waals surface area contributed by atoms with Crippen molar-refractivity contribution in [3.8, 4) is 5.75 Å². The summed E-state index contributed by atoms with van der Waals surface area (Å²) in [5.41, 5.74) is 0.852. The van der Waals surface area contributed by atoms with Crippen LogP contribution in [-0.4, -0.2) is 36.4 Å². The summed E-state index contributed by atoms with van der Waals surface area (Å²) in [6.45, 7) is 0.466. The number of hydrogen-bond acceptors (Lipinski definition) is 3. The molecule has 1 saturated heterocycles. The molecular weight excluding hydrogens is 403 g/mol. The van der Waals surface area contributed by atoms with Crippen molar-refractivity contribution in [3.63, 3.8) is 0 Å². The van der Waals surface area contributed by atoms with E-state index in [9.17, 15) is 14.0 Å². The van der Waals surface area contributed by atoms with Crippen LogP contribution in [0.3, 0.4) is 0 Å². The van der Waals surface area contributed by atoms with E-state index in [0.29, 0.717) is 28.9 Å². The molecular formula is C19H18BrFN2O3. The van der Waals surface area contributed by atoms with Crippen LogP contribution in [0, 0.1) is 5.82 Å². The molecule has 0 spiro atoms. The van der Waals surface area contributed by atoms with Crippen molar-refractivity contribution in [2.24, 2.45) is 0 Å². The van der Waals surface area contributed by atoms with Gasteiger partial charge >= 0.3 is 0 Å². The first-order valence-corrected chi connectivity index (χ1v) is 8.99. The SMILES string of the molecule is COc1ccc(NC(=O)C2CCCN2C(=O)c2cc(F)cc(Br)c2)cc1. The lowest BCUT2D eigenvalue weighted by Gasteiger charge is -2.24. The maximum Gasteiger partial charge on any atom is 0.254 e. The van der Waals surface area contributed by atoms with Crippen LogP contribution in [0.5, 0.6) is 5.75 Å². The minimum atomic E-state index is -0.577. The highest BCUT2D eigenvalue weighted by Gasteiger charge is 2.34. The van der Waals surface area contributed by atoms with Crippen LogP contribution in [0.1, 0.15) is 23.2 Å². The minimum absolute atomic E-state index is 0.223. The van der Waals surface area contributed by atoms with Gasteiger partial charge in [-0.3, -0.25) is 9.59 Å². The largest absolute Gasteiger partial charge is 0.497 e. The van der Waals surface area contributed by atoms with Gasteiger partial charge in [0.25, 0.3) is 5.91 Å². The first-order valence-electron chi connectivity index (χ1n) is 8.20. The Morgan fingerprint density at radius 1 is 1.23 bits per heavy atom. The fourth-order valence-electron chi connectivity index (χ4n) is 3.03. The van der Waals surface area contributed by atoms with Crippen molar-refractivity contribution in [2.75, 3.05) is 19.0 Å². The van der Waals surface area contributed by atoms with Crippen LogP contribution in [0.2, 0.25) is 0 Å². The topological polar surface area (TPSA) is 58.6 Å². The smallest absolute Gasteiger partial charge is 0.254 e. The molecule has 5 nitrogen and oxygen atoms in total. The van der Waals surface area contributed by atoms with E-state index in [0.717, 1.165) is 6.42 Å². The van der Waals surface area contributed by atoms with Crippen molar-refractivity contribution in [1.29, 1.82) is 0 Å². The number of nitrogens with one attached hydrogen (secondary N) is 1. The lowest BCUT2D eigenvalue weighted by Crippen LogP contribution is -2.43. The molecule has 0 bridgehead atoms. The molecule has 2 aromatic rings. The van der Waals surface area contributed by atoms with Crippen LogP contribution in [-0.2, 0) is 4.79 Å². The first-order chi connectivity index (χ1) is 12.5. The molecule has 0 aromatic heterocycles. The number of nitrogens with zero attached hydrogens (tertiary/aromatic N) is 1. The Morgan fingerprint density at radius 2 is 1.96 bits per heavy atom. The summed E-state index contributed by atoms with van der Waals surface area (Å²) in [5.74, 6) is -0.410. The van der Waals surface area contributed by atoms with Crippen molar-refractivity contribution < 1.29 is 18.7 Å². The summed E-state index contributed by atoms with van der Waals surface area (Å²) >= 11 is 3.19. The number of amides is 2. The Bertz CT molecular complexity index is 806. The molecule has 1 unspecified atom stereocenters. The molecule has 3 rings (SSSR count). The van der Waals surface area contributed by atoms with Crippen LogP contribution in [0.15, 0.2) is 46.9 Å². The number of hydrogen-bond donors (Lipinski definition) is 1. The molecule has 1 heterocycles. The van der Waals surface area contributed by atoms with Crippen molar-refractivity contribution in [2.45, 2.75) is 18.9 Å². The van der Waals surface area contributed by atoms with Crippen LogP contribution >= 0.6 is 15.9 Å². The summed E-state index contributed by atoms with van der Waals surface area (Å²) in [6.07, 6.45) is 1.30. The van der Waals surface area contributed by atoms with Gasteiger partial charge in [0.1, 0.15) is 17.6 Å².